The van der Waals surface area contributed by atoms with E-state index in [1.165, 1.54) is 19.3 Å². The molecule has 2 aliphatic rings. The summed E-state index contributed by atoms with van der Waals surface area (Å²) < 4.78 is 24.0. The fraction of sp³-hybridized carbons (Fsp3) is 1.00. The minimum atomic E-state index is -2.90. The Morgan fingerprint density at radius 3 is 2.33 bits per heavy atom. The Kier molecular flexibility index (Phi) is 4.34. The fourth-order valence-corrected chi connectivity index (χ4v) is 5.04. The van der Waals surface area contributed by atoms with Crippen LogP contribution >= 0.6 is 0 Å². The molecule has 1 heterocycles. The van der Waals surface area contributed by atoms with E-state index in [9.17, 15) is 8.42 Å². The molecule has 18 heavy (non-hydrogen) atoms. The number of rotatable bonds is 2. The van der Waals surface area contributed by atoms with Crippen molar-refractivity contribution in [3.8, 4) is 0 Å². The Labute approximate surface area is 111 Å². The summed E-state index contributed by atoms with van der Waals surface area (Å²) >= 11 is 0. The summed E-state index contributed by atoms with van der Waals surface area (Å²) in [4.78, 5) is 2.40. The van der Waals surface area contributed by atoms with E-state index in [1.807, 2.05) is 13.8 Å². The molecule has 2 N–H and O–H groups in total. The minimum Gasteiger partial charge on any atom is -0.330 e. The molecule has 1 aliphatic carbocycles. The van der Waals surface area contributed by atoms with E-state index in [0.29, 0.717) is 25.0 Å². The predicted molar refractivity (Wildman–Crippen MR) is 74.2 cm³/mol. The van der Waals surface area contributed by atoms with Gasteiger partial charge in [-0.2, -0.15) is 0 Å². The number of nitrogens with two attached hydrogens (primary N) is 1. The minimum absolute atomic E-state index is 0.223. The summed E-state index contributed by atoms with van der Waals surface area (Å²) in [6, 6.07) is 0.549. The summed E-state index contributed by atoms with van der Waals surface area (Å²) in [7, 11) is -2.90. The van der Waals surface area contributed by atoms with Crippen LogP contribution in [-0.2, 0) is 9.84 Å². The number of sulfone groups is 1. The van der Waals surface area contributed by atoms with Crippen LogP contribution in [0.2, 0.25) is 0 Å². The van der Waals surface area contributed by atoms with Gasteiger partial charge in [0.15, 0.2) is 9.84 Å². The Morgan fingerprint density at radius 2 is 1.78 bits per heavy atom. The van der Waals surface area contributed by atoms with Crippen LogP contribution in [0.4, 0.5) is 0 Å². The first-order valence-electron chi connectivity index (χ1n) is 7.12. The molecule has 2 fully saturated rings. The lowest BCUT2D eigenvalue weighted by Crippen LogP contribution is -2.54. The topological polar surface area (TPSA) is 63.4 Å². The molecule has 0 bridgehead atoms. The van der Waals surface area contributed by atoms with Crippen molar-refractivity contribution in [2.24, 2.45) is 11.7 Å². The molecule has 1 saturated heterocycles. The van der Waals surface area contributed by atoms with Crippen LogP contribution in [0.25, 0.3) is 0 Å². The first-order valence-corrected chi connectivity index (χ1v) is 8.73. The molecule has 1 aliphatic heterocycles. The molecule has 0 radical (unpaired) electrons. The van der Waals surface area contributed by atoms with Gasteiger partial charge in [0, 0.05) is 19.1 Å². The zero-order valence-corrected chi connectivity index (χ0v) is 12.3. The largest absolute Gasteiger partial charge is 0.330 e. The highest BCUT2D eigenvalue weighted by Gasteiger charge is 2.39. The highest BCUT2D eigenvalue weighted by molar-refractivity contribution is 7.92. The molecule has 0 aromatic heterocycles. The van der Waals surface area contributed by atoms with Gasteiger partial charge in [0.1, 0.15) is 0 Å². The molecule has 0 amide bonds. The molecule has 4 unspecified atom stereocenters. The van der Waals surface area contributed by atoms with Crippen molar-refractivity contribution >= 4 is 9.84 Å². The second kappa shape index (κ2) is 5.47. The van der Waals surface area contributed by atoms with Crippen molar-refractivity contribution in [2.75, 3.05) is 19.6 Å². The van der Waals surface area contributed by atoms with Crippen molar-refractivity contribution in [2.45, 2.75) is 56.1 Å². The van der Waals surface area contributed by atoms with Gasteiger partial charge in [-0.25, -0.2) is 8.42 Å². The Bertz CT molecular complexity index is 364. The zero-order chi connectivity index (χ0) is 13.3. The lowest BCUT2D eigenvalue weighted by molar-refractivity contribution is 0.126. The number of nitrogens with zero attached hydrogens (tertiary/aromatic N) is 1. The smallest absolute Gasteiger partial charge is 0.157 e. The van der Waals surface area contributed by atoms with E-state index in [1.54, 1.807) is 0 Å². The third-order valence-corrected chi connectivity index (χ3v) is 7.25. The lowest BCUT2D eigenvalue weighted by Gasteiger charge is -2.42. The first-order chi connectivity index (χ1) is 8.45. The summed E-state index contributed by atoms with van der Waals surface area (Å²) in [5.41, 5.74) is 5.78. The van der Waals surface area contributed by atoms with E-state index in [4.69, 9.17) is 5.73 Å². The van der Waals surface area contributed by atoms with Gasteiger partial charge in [-0.1, -0.05) is 6.42 Å². The Hall–Kier alpha value is -0.130. The van der Waals surface area contributed by atoms with Crippen molar-refractivity contribution in [3.05, 3.63) is 0 Å². The van der Waals surface area contributed by atoms with Gasteiger partial charge in [-0.05, 0) is 45.6 Å². The van der Waals surface area contributed by atoms with Gasteiger partial charge in [0.2, 0.25) is 0 Å². The van der Waals surface area contributed by atoms with Gasteiger partial charge < -0.3 is 5.73 Å². The highest BCUT2D eigenvalue weighted by Crippen LogP contribution is 2.30. The van der Waals surface area contributed by atoms with Gasteiger partial charge in [-0.15, -0.1) is 0 Å². The molecule has 1 saturated carbocycles. The highest BCUT2D eigenvalue weighted by atomic mass is 32.2. The van der Waals surface area contributed by atoms with Crippen LogP contribution in [0.3, 0.4) is 0 Å². The third-order valence-electron chi connectivity index (χ3n) is 4.71. The maximum atomic E-state index is 12.0. The molecule has 2 rings (SSSR count). The SMILES string of the molecule is CC1CN(C2CCCC(CN)C2)CC(C)S1(=O)=O. The zero-order valence-electron chi connectivity index (χ0n) is 11.5. The average Bonchev–Trinajstić information content (AvgIpc) is 2.36. The summed E-state index contributed by atoms with van der Waals surface area (Å²) in [6.07, 6.45) is 4.83. The second-order valence-corrected chi connectivity index (χ2v) is 8.87. The molecule has 4 nitrogen and oxygen atoms in total. The van der Waals surface area contributed by atoms with Gasteiger partial charge >= 0.3 is 0 Å². The van der Waals surface area contributed by atoms with Crippen molar-refractivity contribution in [1.82, 2.24) is 4.90 Å². The van der Waals surface area contributed by atoms with Crippen molar-refractivity contribution < 1.29 is 8.42 Å². The maximum absolute atomic E-state index is 12.0. The van der Waals surface area contributed by atoms with Crippen LogP contribution in [0.1, 0.15) is 39.5 Å². The van der Waals surface area contributed by atoms with Crippen molar-refractivity contribution in [1.29, 1.82) is 0 Å². The van der Waals surface area contributed by atoms with E-state index in [2.05, 4.69) is 4.90 Å². The molecule has 4 atom stereocenters. The standard InChI is InChI=1S/C13H26N2O2S/c1-10-8-15(9-11(2)18(10,16)17)13-5-3-4-12(6-13)7-14/h10-13H,3-9,14H2,1-2H3. The number of hydrogen-bond donors (Lipinski definition) is 1. The Morgan fingerprint density at radius 1 is 1.17 bits per heavy atom. The monoisotopic (exact) mass is 274 g/mol. The quantitative estimate of drug-likeness (QED) is 0.816. The average molecular weight is 274 g/mol. The van der Waals surface area contributed by atoms with E-state index in [-0.39, 0.29) is 10.5 Å². The lowest BCUT2D eigenvalue weighted by atomic mass is 9.85. The third kappa shape index (κ3) is 2.73. The van der Waals surface area contributed by atoms with Crippen LogP contribution in [0.5, 0.6) is 0 Å². The number of hydrogen-bond acceptors (Lipinski definition) is 4. The summed E-state index contributed by atoms with van der Waals surface area (Å²) in [6.45, 7) is 5.87. The molecule has 0 aromatic rings. The fourth-order valence-electron chi connectivity index (χ4n) is 3.45. The first kappa shape index (κ1) is 14.3. The second-order valence-electron chi connectivity index (χ2n) is 6.09. The molecular formula is C13H26N2O2S. The van der Waals surface area contributed by atoms with E-state index < -0.39 is 9.84 Å². The van der Waals surface area contributed by atoms with E-state index in [0.717, 1.165) is 13.0 Å². The molecule has 0 aromatic carbocycles. The van der Waals surface area contributed by atoms with Crippen LogP contribution in [0, 0.1) is 5.92 Å². The van der Waals surface area contributed by atoms with Gasteiger partial charge in [0.05, 0.1) is 10.5 Å². The Balaban J connectivity index is 2.02. The van der Waals surface area contributed by atoms with Gasteiger partial charge in [0.25, 0.3) is 0 Å². The summed E-state index contributed by atoms with van der Waals surface area (Å²) in [5.74, 6) is 0.632. The van der Waals surface area contributed by atoms with Crippen LogP contribution in [0.15, 0.2) is 0 Å². The summed E-state index contributed by atoms with van der Waals surface area (Å²) in [5, 5.41) is -0.445. The molecule has 106 valence electrons. The maximum Gasteiger partial charge on any atom is 0.157 e. The van der Waals surface area contributed by atoms with Crippen molar-refractivity contribution in [3.63, 3.8) is 0 Å². The van der Waals surface area contributed by atoms with E-state index >= 15 is 0 Å². The normalized spacial score (nSPS) is 41.7. The predicted octanol–water partition coefficient (Wildman–Crippen LogP) is 1.01. The van der Waals surface area contributed by atoms with Crippen LogP contribution < -0.4 is 5.73 Å². The molecular weight excluding hydrogens is 248 g/mol. The molecule has 0 spiro atoms. The molecule has 5 heteroatoms. The van der Waals surface area contributed by atoms with Gasteiger partial charge in [-0.3, -0.25) is 4.90 Å². The van der Waals surface area contributed by atoms with Crippen LogP contribution in [-0.4, -0.2) is 49.5 Å².